The second kappa shape index (κ2) is 9.74. The van der Waals surface area contributed by atoms with Crippen molar-refractivity contribution in [2.75, 3.05) is 5.75 Å². The van der Waals surface area contributed by atoms with Crippen LogP contribution in [0.2, 0.25) is 5.02 Å². The maximum absolute atomic E-state index is 11.1. The molecule has 1 aliphatic carbocycles. The fourth-order valence-corrected chi connectivity index (χ4v) is 6.31. The summed E-state index contributed by atoms with van der Waals surface area (Å²) < 4.78 is 0. The Kier molecular flexibility index (Phi) is 7.55. The van der Waals surface area contributed by atoms with Gasteiger partial charge in [-0.25, -0.2) is 4.79 Å². The maximum Gasteiger partial charge on any atom is 0.337 e. The Morgan fingerprint density at radius 2 is 1.97 bits per heavy atom. The smallest absolute Gasteiger partial charge is 0.337 e. The van der Waals surface area contributed by atoms with E-state index in [1.165, 1.54) is 16.0 Å². The number of aliphatic hydroxyl groups is 1. The van der Waals surface area contributed by atoms with E-state index in [1.807, 2.05) is 11.8 Å². The molecule has 1 fully saturated rings. The average Bonchev–Trinajstić information content (AvgIpc) is 2.93. The lowest BCUT2D eigenvalue weighted by atomic mass is 9.89. The van der Waals surface area contributed by atoms with Gasteiger partial charge in [-0.1, -0.05) is 29.8 Å². The number of aliphatic hydroxyl groups excluding tert-OH is 1. The zero-order valence-electron chi connectivity index (χ0n) is 16.6. The third-order valence-electron chi connectivity index (χ3n) is 5.99. The highest BCUT2D eigenvalue weighted by Gasteiger charge is 2.41. The van der Waals surface area contributed by atoms with Crippen molar-refractivity contribution in [1.82, 2.24) is 0 Å². The highest BCUT2D eigenvalue weighted by atomic mass is 35.5. The van der Waals surface area contributed by atoms with Gasteiger partial charge in [0.2, 0.25) is 0 Å². The Morgan fingerprint density at radius 1 is 1.21 bits per heavy atom. The standard InChI is InChI=1S/C23H26Cl2O3S/c1-13-4-3-5-22(14(13)2)29-12-18-16(21(26)11-20(18)25)8-6-15-7-9-17(23(27)28)19(24)10-15/h3-5,7,9-10,16,18,20-21,26H,6,8,11-12H2,1-2H3,(H,27,28)/t16-,18?,20?,21?/m1/s1. The Balaban J connectivity index is 1.66. The summed E-state index contributed by atoms with van der Waals surface area (Å²) in [7, 11) is 0. The van der Waals surface area contributed by atoms with E-state index in [4.69, 9.17) is 28.3 Å². The predicted octanol–water partition coefficient (Wildman–Crippen LogP) is 5.98. The molecule has 0 aliphatic heterocycles. The molecule has 0 bridgehead atoms. The quantitative estimate of drug-likeness (QED) is 0.400. The molecule has 156 valence electrons. The molecule has 4 atom stereocenters. The molecule has 0 radical (unpaired) electrons. The van der Waals surface area contributed by atoms with Crippen molar-refractivity contribution in [3.63, 3.8) is 0 Å². The number of thioether (sulfide) groups is 1. The predicted molar refractivity (Wildman–Crippen MR) is 121 cm³/mol. The van der Waals surface area contributed by atoms with E-state index in [9.17, 15) is 9.90 Å². The van der Waals surface area contributed by atoms with Gasteiger partial charge in [-0.05, 0) is 79.8 Å². The number of aryl methyl sites for hydroxylation is 2. The molecule has 6 heteroatoms. The molecule has 1 saturated carbocycles. The number of alkyl halides is 1. The maximum atomic E-state index is 11.1. The molecule has 3 nitrogen and oxygen atoms in total. The SMILES string of the molecule is Cc1cccc(SCC2C(Cl)CC(O)[C@@H]2CCc2ccc(C(=O)O)c(Cl)c2)c1C. The van der Waals surface area contributed by atoms with Crippen molar-refractivity contribution in [3.8, 4) is 0 Å². The van der Waals surface area contributed by atoms with Crippen LogP contribution >= 0.6 is 35.0 Å². The van der Waals surface area contributed by atoms with E-state index in [0.717, 1.165) is 24.2 Å². The molecule has 29 heavy (non-hydrogen) atoms. The molecular weight excluding hydrogens is 427 g/mol. The van der Waals surface area contributed by atoms with E-state index < -0.39 is 12.1 Å². The number of carboxylic acids is 1. The van der Waals surface area contributed by atoms with Gasteiger partial charge in [0.25, 0.3) is 0 Å². The largest absolute Gasteiger partial charge is 0.478 e. The summed E-state index contributed by atoms with van der Waals surface area (Å²) in [6.07, 6.45) is 1.74. The molecule has 1 aliphatic rings. The monoisotopic (exact) mass is 452 g/mol. The second-order valence-electron chi connectivity index (χ2n) is 7.81. The van der Waals surface area contributed by atoms with Crippen LogP contribution in [0.5, 0.6) is 0 Å². The summed E-state index contributed by atoms with van der Waals surface area (Å²) >= 11 is 14.5. The van der Waals surface area contributed by atoms with Crippen LogP contribution in [-0.4, -0.2) is 33.4 Å². The second-order valence-corrected chi connectivity index (χ2v) is 9.84. The summed E-state index contributed by atoms with van der Waals surface area (Å²) in [6.45, 7) is 4.26. The molecule has 0 amide bonds. The number of carboxylic acid groups (broad SMARTS) is 1. The molecule has 0 spiro atoms. The molecule has 3 rings (SSSR count). The average molecular weight is 453 g/mol. The lowest BCUT2D eigenvalue weighted by Gasteiger charge is -2.24. The van der Waals surface area contributed by atoms with Crippen LogP contribution in [0.4, 0.5) is 0 Å². The molecule has 0 heterocycles. The number of halogens is 2. The van der Waals surface area contributed by atoms with Gasteiger partial charge in [0.15, 0.2) is 0 Å². The van der Waals surface area contributed by atoms with Crippen molar-refractivity contribution in [2.45, 2.75) is 49.5 Å². The molecule has 2 aromatic rings. The first kappa shape index (κ1) is 22.5. The summed E-state index contributed by atoms with van der Waals surface area (Å²) in [4.78, 5) is 12.4. The number of hydrogen-bond acceptors (Lipinski definition) is 3. The lowest BCUT2D eigenvalue weighted by Crippen LogP contribution is -2.23. The molecular formula is C23H26Cl2O3S. The van der Waals surface area contributed by atoms with Crippen LogP contribution in [0.15, 0.2) is 41.3 Å². The first-order valence-electron chi connectivity index (χ1n) is 9.80. The first-order chi connectivity index (χ1) is 13.8. The summed E-state index contributed by atoms with van der Waals surface area (Å²) in [5.41, 5.74) is 3.67. The van der Waals surface area contributed by atoms with Gasteiger partial charge in [0.05, 0.1) is 16.7 Å². The number of aromatic carboxylic acids is 1. The fraction of sp³-hybridized carbons (Fsp3) is 0.435. The third kappa shape index (κ3) is 5.29. The van der Waals surface area contributed by atoms with Crippen molar-refractivity contribution < 1.29 is 15.0 Å². The number of benzene rings is 2. The van der Waals surface area contributed by atoms with E-state index in [-0.39, 0.29) is 27.8 Å². The summed E-state index contributed by atoms with van der Waals surface area (Å²) in [6, 6.07) is 11.4. The van der Waals surface area contributed by atoms with Crippen LogP contribution in [0.1, 0.15) is 39.9 Å². The van der Waals surface area contributed by atoms with Crippen molar-refractivity contribution in [1.29, 1.82) is 0 Å². The van der Waals surface area contributed by atoms with Crippen LogP contribution in [0, 0.1) is 25.7 Å². The van der Waals surface area contributed by atoms with Gasteiger partial charge in [0, 0.05) is 16.0 Å². The normalized spacial score (nSPS) is 24.0. The minimum Gasteiger partial charge on any atom is -0.478 e. The van der Waals surface area contributed by atoms with Crippen LogP contribution in [0.25, 0.3) is 0 Å². The summed E-state index contributed by atoms with van der Waals surface area (Å²) in [5, 5.41) is 19.9. The van der Waals surface area contributed by atoms with Gasteiger partial charge in [-0.2, -0.15) is 0 Å². The molecule has 3 unspecified atom stereocenters. The third-order valence-corrected chi connectivity index (χ3v) is 8.11. The van der Waals surface area contributed by atoms with Crippen molar-refractivity contribution in [2.24, 2.45) is 11.8 Å². The number of hydrogen-bond donors (Lipinski definition) is 2. The van der Waals surface area contributed by atoms with Gasteiger partial charge >= 0.3 is 5.97 Å². The van der Waals surface area contributed by atoms with E-state index in [0.29, 0.717) is 6.42 Å². The Labute approximate surface area is 186 Å². The van der Waals surface area contributed by atoms with Gasteiger partial charge in [-0.3, -0.25) is 0 Å². The van der Waals surface area contributed by atoms with Gasteiger partial charge in [0.1, 0.15) is 0 Å². The van der Waals surface area contributed by atoms with Crippen LogP contribution in [-0.2, 0) is 6.42 Å². The molecule has 0 aromatic heterocycles. The minimum absolute atomic E-state index is 0.0365. The lowest BCUT2D eigenvalue weighted by molar-refractivity contribution is 0.0697. The zero-order chi connectivity index (χ0) is 21.1. The van der Waals surface area contributed by atoms with Crippen molar-refractivity contribution in [3.05, 3.63) is 63.7 Å². The zero-order valence-corrected chi connectivity index (χ0v) is 18.9. The molecule has 2 N–H and O–H groups in total. The minimum atomic E-state index is -1.03. The van der Waals surface area contributed by atoms with Crippen LogP contribution in [0.3, 0.4) is 0 Å². The highest BCUT2D eigenvalue weighted by molar-refractivity contribution is 7.99. The van der Waals surface area contributed by atoms with Gasteiger partial charge < -0.3 is 10.2 Å². The number of carbonyl (C=O) groups is 1. The topological polar surface area (TPSA) is 57.5 Å². The van der Waals surface area contributed by atoms with Crippen molar-refractivity contribution >= 4 is 40.9 Å². The Hall–Kier alpha value is -1.20. The van der Waals surface area contributed by atoms with Gasteiger partial charge in [-0.15, -0.1) is 23.4 Å². The number of rotatable bonds is 7. The molecule has 0 saturated heterocycles. The Morgan fingerprint density at radius 3 is 2.66 bits per heavy atom. The van der Waals surface area contributed by atoms with E-state index in [2.05, 4.69) is 32.0 Å². The van der Waals surface area contributed by atoms with E-state index in [1.54, 1.807) is 18.2 Å². The first-order valence-corrected chi connectivity index (χ1v) is 11.6. The Bertz CT molecular complexity index is 886. The molecule has 2 aromatic carbocycles. The van der Waals surface area contributed by atoms with E-state index >= 15 is 0 Å². The summed E-state index contributed by atoms with van der Waals surface area (Å²) in [5.74, 6) is 0.193. The van der Waals surface area contributed by atoms with Crippen LogP contribution < -0.4 is 0 Å². The highest BCUT2D eigenvalue weighted by Crippen LogP contribution is 2.42. The fourth-order valence-electron chi connectivity index (χ4n) is 4.06.